The minimum Gasteiger partial charge on any atom is -0.208 e. The van der Waals surface area contributed by atoms with E-state index < -0.39 is 0 Å². The van der Waals surface area contributed by atoms with Crippen LogP contribution in [0.3, 0.4) is 0 Å². The molecule has 33 heavy (non-hydrogen) atoms. The highest BCUT2D eigenvalue weighted by Crippen LogP contribution is 2.36. The van der Waals surface area contributed by atoms with Gasteiger partial charge in [-0.15, -0.1) is 0 Å². The Bertz CT molecular complexity index is 1440. The number of hydrogen-bond donors (Lipinski definition) is 0. The Kier molecular flexibility index (Phi) is 5.54. The van der Waals surface area contributed by atoms with Crippen molar-refractivity contribution in [3.05, 3.63) is 114 Å². The summed E-state index contributed by atoms with van der Waals surface area (Å²) in [5.74, 6) is 2.04. The van der Waals surface area contributed by atoms with Gasteiger partial charge in [0.25, 0.3) is 0 Å². The van der Waals surface area contributed by atoms with E-state index in [1.165, 1.54) is 22.3 Å². The van der Waals surface area contributed by atoms with E-state index in [1.807, 2.05) is 36.4 Å². The molecule has 0 amide bonds. The van der Waals surface area contributed by atoms with Crippen molar-refractivity contribution >= 4 is 0 Å². The molecule has 160 valence electrons. The molecule has 0 spiro atoms. The molecule has 0 aliphatic heterocycles. The van der Waals surface area contributed by atoms with Crippen molar-refractivity contribution in [1.29, 1.82) is 0 Å². The van der Waals surface area contributed by atoms with Gasteiger partial charge < -0.3 is 0 Å². The monoisotopic (exact) mass is 427 g/mol. The van der Waals surface area contributed by atoms with Gasteiger partial charge in [0.15, 0.2) is 17.5 Å². The third-order valence-corrected chi connectivity index (χ3v) is 5.87. The maximum absolute atomic E-state index is 4.98. The molecule has 5 rings (SSSR count). The lowest BCUT2D eigenvalue weighted by Crippen LogP contribution is -2.02. The van der Waals surface area contributed by atoms with E-state index in [2.05, 4.69) is 81.4 Å². The van der Waals surface area contributed by atoms with Crippen LogP contribution < -0.4 is 0 Å². The fraction of sp³-hybridized carbons (Fsp3) is 0.100. The SMILES string of the molecule is Cc1cccc(-c2nc(-c3ccccc3)nc(-c3cccc(C)c3-c3ccccc3C)n2)c1. The van der Waals surface area contributed by atoms with Crippen molar-refractivity contribution in [2.24, 2.45) is 0 Å². The van der Waals surface area contributed by atoms with Crippen LogP contribution >= 0.6 is 0 Å². The highest BCUT2D eigenvalue weighted by molar-refractivity contribution is 5.85. The number of benzene rings is 4. The Labute approximate surface area is 194 Å². The van der Waals surface area contributed by atoms with Crippen LogP contribution in [0.25, 0.3) is 45.3 Å². The van der Waals surface area contributed by atoms with Gasteiger partial charge in [-0.25, -0.2) is 15.0 Å². The zero-order chi connectivity index (χ0) is 22.8. The molecule has 0 aliphatic carbocycles. The van der Waals surface area contributed by atoms with Gasteiger partial charge in [-0.1, -0.05) is 96.6 Å². The Morgan fingerprint density at radius 2 is 1.03 bits per heavy atom. The number of aryl methyl sites for hydroxylation is 3. The normalized spacial score (nSPS) is 10.9. The van der Waals surface area contributed by atoms with E-state index in [4.69, 9.17) is 15.0 Å². The molecule has 1 aromatic heterocycles. The van der Waals surface area contributed by atoms with Crippen LogP contribution in [0, 0.1) is 20.8 Å². The van der Waals surface area contributed by atoms with Crippen LogP contribution in [0.15, 0.2) is 97.1 Å². The van der Waals surface area contributed by atoms with E-state index in [9.17, 15) is 0 Å². The number of hydrogen-bond acceptors (Lipinski definition) is 3. The van der Waals surface area contributed by atoms with Crippen LogP contribution in [0.4, 0.5) is 0 Å². The Morgan fingerprint density at radius 3 is 1.79 bits per heavy atom. The zero-order valence-electron chi connectivity index (χ0n) is 19.1. The standard InChI is InChI=1S/C30H25N3/c1-20-11-9-16-24(19-20)29-31-28(23-14-5-4-6-15-23)32-30(33-29)26-18-10-13-22(3)27(26)25-17-8-7-12-21(25)2/h4-19H,1-3H3. The lowest BCUT2D eigenvalue weighted by Gasteiger charge is -2.15. The molecule has 1 heterocycles. The molecule has 0 saturated heterocycles. The summed E-state index contributed by atoms with van der Waals surface area (Å²) in [6.45, 7) is 6.37. The fourth-order valence-corrected chi connectivity index (χ4v) is 4.19. The lowest BCUT2D eigenvalue weighted by molar-refractivity contribution is 1.07. The van der Waals surface area contributed by atoms with Gasteiger partial charge in [0.05, 0.1) is 0 Å². The molecule has 0 fully saturated rings. The quantitative estimate of drug-likeness (QED) is 0.299. The molecule has 0 unspecified atom stereocenters. The van der Waals surface area contributed by atoms with Crippen LogP contribution in [0.5, 0.6) is 0 Å². The van der Waals surface area contributed by atoms with E-state index in [0.717, 1.165) is 22.3 Å². The summed E-state index contributed by atoms with van der Waals surface area (Å²) in [4.78, 5) is 14.8. The maximum atomic E-state index is 4.98. The van der Waals surface area contributed by atoms with Gasteiger partial charge in [0, 0.05) is 16.7 Å². The van der Waals surface area contributed by atoms with Gasteiger partial charge in [-0.05, 0) is 49.1 Å². The fourth-order valence-electron chi connectivity index (χ4n) is 4.19. The second-order valence-corrected chi connectivity index (χ2v) is 8.35. The van der Waals surface area contributed by atoms with Crippen LogP contribution in [0.2, 0.25) is 0 Å². The molecular weight excluding hydrogens is 402 g/mol. The van der Waals surface area contributed by atoms with Crippen LogP contribution in [-0.2, 0) is 0 Å². The van der Waals surface area contributed by atoms with Crippen molar-refractivity contribution in [2.45, 2.75) is 20.8 Å². The van der Waals surface area contributed by atoms with Crippen molar-refractivity contribution in [3.63, 3.8) is 0 Å². The van der Waals surface area contributed by atoms with Crippen LogP contribution in [-0.4, -0.2) is 15.0 Å². The first kappa shape index (κ1) is 20.8. The lowest BCUT2D eigenvalue weighted by atomic mass is 9.92. The summed E-state index contributed by atoms with van der Waals surface area (Å²) in [6, 6.07) is 33.2. The molecule has 0 radical (unpaired) electrons. The first-order valence-electron chi connectivity index (χ1n) is 11.1. The maximum Gasteiger partial charge on any atom is 0.164 e. The number of aromatic nitrogens is 3. The summed E-state index contributed by atoms with van der Waals surface area (Å²) in [5.41, 5.74) is 8.93. The minimum atomic E-state index is 0.675. The topological polar surface area (TPSA) is 38.7 Å². The minimum absolute atomic E-state index is 0.675. The number of rotatable bonds is 4. The molecule has 0 atom stereocenters. The first-order chi connectivity index (χ1) is 16.1. The Hall–Kier alpha value is -4.11. The van der Waals surface area contributed by atoms with Crippen molar-refractivity contribution < 1.29 is 0 Å². The molecular formula is C30H25N3. The molecule has 3 heteroatoms. The van der Waals surface area contributed by atoms with Gasteiger partial charge in [0.2, 0.25) is 0 Å². The molecule has 0 bridgehead atoms. The highest BCUT2D eigenvalue weighted by atomic mass is 15.0. The zero-order valence-corrected chi connectivity index (χ0v) is 19.1. The third-order valence-electron chi connectivity index (χ3n) is 5.87. The Balaban J connectivity index is 1.78. The average molecular weight is 428 g/mol. The largest absolute Gasteiger partial charge is 0.208 e. The van der Waals surface area contributed by atoms with Gasteiger partial charge in [0.1, 0.15) is 0 Å². The predicted octanol–water partition coefficient (Wildman–Crippen LogP) is 7.46. The molecule has 0 saturated carbocycles. The van der Waals surface area contributed by atoms with Crippen molar-refractivity contribution in [1.82, 2.24) is 15.0 Å². The summed E-state index contributed by atoms with van der Waals surface area (Å²) in [7, 11) is 0. The van der Waals surface area contributed by atoms with E-state index in [-0.39, 0.29) is 0 Å². The summed E-state index contributed by atoms with van der Waals surface area (Å²) < 4.78 is 0. The predicted molar refractivity (Wildman–Crippen MR) is 136 cm³/mol. The van der Waals surface area contributed by atoms with Gasteiger partial charge in [-0.3, -0.25) is 0 Å². The number of nitrogens with zero attached hydrogens (tertiary/aromatic N) is 3. The Morgan fingerprint density at radius 1 is 0.455 bits per heavy atom. The van der Waals surface area contributed by atoms with E-state index >= 15 is 0 Å². The van der Waals surface area contributed by atoms with Crippen molar-refractivity contribution in [2.75, 3.05) is 0 Å². The third kappa shape index (κ3) is 4.18. The van der Waals surface area contributed by atoms with Gasteiger partial charge >= 0.3 is 0 Å². The highest BCUT2D eigenvalue weighted by Gasteiger charge is 2.17. The van der Waals surface area contributed by atoms with E-state index in [1.54, 1.807) is 0 Å². The van der Waals surface area contributed by atoms with Gasteiger partial charge in [-0.2, -0.15) is 0 Å². The summed E-state index contributed by atoms with van der Waals surface area (Å²) in [6.07, 6.45) is 0. The second-order valence-electron chi connectivity index (χ2n) is 8.35. The van der Waals surface area contributed by atoms with E-state index in [0.29, 0.717) is 17.5 Å². The van der Waals surface area contributed by atoms with Crippen molar-refractivity contribution in [3.8, 4) is 45.3 Å². The summed E-state index contributed by atoms with van der Waals surface area (Å²) >= 11 is 0. The summed E-state index contributed by atoms with van der Waals surface area (Å²) in [5, 5.41) is 0. The molecule has 0 aliphatic rings. The molecule has 4 aromatic carbocycles. The second kappa shape index (κ2) is 8.79. The van der Waals surface area contributed by atoms with Crippen LogP contribution in [0.1, 0.15) is 16.7 Å². The molecule has 3 nitrogen and oxygen atoms in total. The smallest absolute Gasteiger partial charge is 0.164 e. The molecule has 0 N–H and O–H groups in total. The molecule has 5 aromatic rings. The first-order valence-corrected chi connectivity index (χ1v) is 11.1. The average Bonchev–Trinajstić information content (AvgIpc) is 2.85.